The Balaban J connectivity index is 3.02. The summed E-state index contributed by atoms with van der Waals surface area (Å²) in [4.78, 5) is 132. The number of carbonyl (C=O) groups excluding carboxylic acids is 9. The number of amides is 9. The fourth-order valence-electron chi connectivity index (χ4n) is 7.08. The van der Waals surface area contributed by atoms with Crippen LogP contribution in [-0.4, -0.2) is 167 Å². The number of unbranched alkanes of at least 4 members (excludes halogenated alkanes) is 1. The van der Waals surface area contributed by atoms with Gasteiger partial charge in [0.25, 0.3) is 0 Å². The zero-order valence-electron chi connectivity index (χ0n) is 41.1. The van der Waals surface area contributed by atoms with Crippen LogP contribution in [0.2, 0.25) is 0 Å². The van der Waals surface area contributed by atoms with Crippen LogP contribution in [0.25, 0.3) is 0 Å². The molecule has 0 spiro atoms. The summed E-state index contributed by atoms with van der Waals surface area (Å²) in [6.45, 7) is 12.7. The lowest BCUT2D eigenvalue weighted by Gasteiger charge is -2.29. The molecule has 14 N–H and O–H groups in total. The van der Waals surface area contributed by atoms with E-state index in [1.807, 2.05) is 13.8 Å². The zero-order chi connectivity index (χ0) is 51.8. The Morgan fingerprint density at radius 1 is 0.706 bits per heavy atom. The second-order valence-corrected chi connectivity index (χ2v) is 19.0. The molecule has 0 aromatic rings. The quantitative estimate of drug-likeness (QED) is 0.0321. The fraction of sp³-hybridized carbons (Fsp3) is 0.773. The monoisotopic (exact) mass is 986 g/mol. The lowest BCUT2D eigenvalue weighted by molar-refractivity contribution is -0.142. The first-order chi connectivity index (χ1) is 31.9. The van der Waals surface area contributed by atoms with E-state index in [1.54, 1.807) is 34.0 Å². The van der Waals surface area contributed by atoms with Crippen molar-refractivity contribution in [1.82, 2.24) is 47.4 Å². The van der Waals surface area contributed by atoms with Crippen molar-refractivity contribution in [3.8, 4) is 0 Å². The van der Waals surface area contributed by atoms with Gasteiger partial charge in [-0.3, -0.25) is 43.2 Å². The minimum atomic E-state index is -1.58. The van der Waals surface area contributed by atoms with Crippen molar-refractivity contribution in [2.45, 2.75) is 161 Å². The summed E-state index contributed by atoms with van der Waals surface area (Å²) in [5.41, 5.74) is 11.7. The van der Waals surface area contributed by atoms with Gasteiger partial charge < -0.3 is 69.1 Å². The molecule has 10 atom stereocenters. The van der Waals surface area contributed by atoms with E-state index >= 15 is 0 Å². The Morgan fingerprint density at radius 3 is 1.84 bits per heavy atom. The number of aliphatic hydroxyl groups is 1. The number of rotatable bonds is 31. The van der Waals surface area contributed by atoms with E-state index in [-0.39, 0.29) is 43.6 Å². The second-order valence-electron chi connectivity index (χ2n) is 18.1. The molecule has 1 heterocycles. The van der Waals surface area contributed by atoms with E-state index in [1.165, 1.54) is 30.5 Å². The van der Waals surface area contributed by atoms with Gasteiger partial charge in [0.1, 0.15) is 42.3 Å². The van der Waals surface area contributed by atoms with Crippen molar-refractivity contribution < 1.29 is 58.2 Å². The molecule has 0 saturated carbocycles. The summed E-state index contributed by atoms with van der Waals surface area (Å²) < 4.78 is 0. The Kier molecular flexibility index (Phi) is 27.9. The molecule has 0 aromatic carbocycles. The van der Waals surface area contributed by atoms with Crippen LogP contribution >= 0.6 is 11.8 Å². The lowest BCUT2D eigenvalue weighted by atomic mass is 9.97. The number of aliphatic hydroxyl groups excluding tert-OH is 1. The van der Waals surface area contributed by atoms with E-state index in [0.29, 0.717) is 44.4 Å². The average Bonchev–Trinajstić information content (AvgIpc) is 3.78. The first kappa shape index (κ1) is 60.9. The van der Waals surface area contributed by atoms with Crippen LogP contribution in [0.3, 0.4) is 0 Å². The highest BCUT2D eigenvalue weighted by Gasteiger charge is 2.38. The molecule has 1 fully saturated rings. The van der Waals surface area contributed by atoms with Crippen molar-refractivity contribution >= 4 is 70.9 Å². The molecule has 9 amide bonds. The summed E-state index contributed by atoms with van der Waals surface area (Å²) in [7, 11) is 0. The number of nitrogens with zero attached hydrogens (tertiary/aromatic N) is 1. The largest absolute Gasteiger partial charge is 0.480 e. The van der Waals surface area contributed by atoms with Crippen molar-refractivity contribution in [1.29, 1.82) is 0 Å². The molecule has 23 nitrogen and oxygen atoms in total. The molecule has 0 radical (unpaired) electrons. The number of carboxylic acid groups (broad SMARTS) is 1. The molecule has 0 aromatic heterocycles. The smallest absolute Gasteiger partial charge is 0.326 e. The molecule has 388 valence electrons. The molecule has 0 aliphatic carbocycles. The van der Waals surface area contributed by atoms with Crippen LogP contribution in [0.5, 0.6) is 0 Å². The molecule has 24 heteroatoms. The van der Waals surface area contributed by atoms with Crippen LogP contribution < -0.4 is 54.0 Å². The van der Waals surface area contributed by atoms with Crippen LogP contribution in [0.4, 0.5) is 0 Å². The second kappa shape index (κ2) is 31.1. The first-order valence-electron chi connectivity index (χ1n) is 23.4. The maximum Gasteiger partial charge on any atom is 0.326 e. The van der Waals surface area contributed by atoms with Gasteiger partial charge in [0.15, 0.2) is 0 Å². The first-order valence-corrected chi connectivity index (χ1v) is 24.8. The zero-order valence-corrected chi connectivity index (χ0v) is 41.9. The Labute approximate surface area is 404 Å². The van der Waals surface area contributed by atoms with Gasteiger partial charge in [-0.05, 0) is 95.1 Å². The maximum absolute atomic E-state index is 13.9. The predicted octanol–water partition coefficient (Wildman–Crippen LogP) is -2.44. The third-order valence-electron chi connectivity index (χ3n) is 11.5. The van der Waals surface area contributed by atoms with Gasteiger partial charge in [0.05, 0.1) is 25.2 Å². The summed E-state index contributed by atoms with van der Waals surface area (Å²) >= 11 is 1.42. The average molecular weight is 986 g/mol. The highest BCUT2D eigenvalue weighted by atomic mass is 32.2. The van der Waals surface area contributed by atoms with Gasteiger partial charge >= 0.3 is 5.97 Å². The number of likely N-dealkylation sites (tertiary alicyclic amines) is 1. The molecule has 1 aliphatic heterocycles. The standard InChI is InChI=1S/C44H79N11O12S/c1-10-25(6)35(41(63)49-26(7)37(59)47-21-32(57)50-29(16-19-68-9)38(60)52-30(44(66)67)20-23(2)3)54-39(61)28(14-11-12-17-45)51-42(64)36(27(8)56)53-33(58)22-48-40(62)31-15-13-18-55(31)43(65)34(46)24(4)5/h23-31,34-36,56H,10-22,45-46H2,1-9H3,(H,47,59)(H,48,62)(H,49,63)(H,50,57)(H,51,64)(H,52,60)(H,53,58)(H,54,61)(H,66,67)/t25-,26-,27+,28-,29-,30-,31-,34-,35-,36-/m0/s1. The van der Waals surface area contributed by atoms with E-state index in [0.717, 1.165) is 0 Å². The van der Waals surface area contributed by atoms with E-state index in [4.69, 9.17) is 11.5 Å². The highest BCUT2D eigenvalue weighted by Crippen LogP contribution is 2.20. The van der Waals surface area contributed by atoms with Crippen LogP contribution in [-0.2, 0) is 47.9 Å². The minimum Gasteiger partial charge on any atom is -0.480 e. The van der Waals surface area contributed by atoms with Crippen LogP contribution in [0, 0.1) is 17.8 Å². The Hall–Kier alpha value is -5.07. The van der Waals surface area contributed by atoms with Crippen molar-refractivity contribution in [2.75, 3.05) is 38.2 Å². The molecule has 0 unspecified atom stereocenters. The number of thioether (sulfide) groups is 1. The number of carbonyl (C=O) groups is 10. The van der Waals surface area contributed by atoms with Crippen LogP contribution in [0.1, 0.15) is 107 Å². The van der Waals surface area contributed by atoms with Crippen molar-refractivity contribution in [3.63, 3.8) is 0 Å². The molecule has 0 bridgehead atoms. The fourth-order valence-corrected chi connectivity index (χ4v) is 7.55. The Bertz CT molecular complexity index is 1720. The predicted molar refractivity (Wildman–Crippen MR) is 255 cm³/mol. The summed E-state index contributed by atoms with van der Waals surface area (Å²) in [5, 5.41) is 40.1. The lowest BCUT2D eigenvalue weighted by Crippen LogP contribution is -2.61. The van der Waals surface area contributed by atoms with E-state index in [2.05, 4.69) is 42.5 Å². The molecular formula is C44H79N11O12S. The minimum absolute atomic E-state index is 0.0282. The van der Waals surface area contributed by atoms with E-state index < -0.39 is 127 Å². The van der Waals surface area contributed by atoms with Gasteiger partial charge in [-0.2, -0.15) is 11.8 Å². The van der Waals surface area contributed by atoms with Gasteiger partial charge in [-0.25, -0.2) is 4.79 Å². The van der Waals surface area contributed by atoms with Gasteiger partial charge in [-0.15, -0.1) is 0 Å². The topological polar surface area (TPSA) is 363 Å². The number of nitrogens with two attached hydrogens (primary N) is 2. The molecule has 1 rings (SSSR count). The molecular weight excluding hydrogens is 907 g/mol. The maximum atomic E-state index is 13.9. The third kappa shape index (κ3) is 21.1. The third-order valence-corrected chi connectivity index (χ3v) is 12.1. The van der Waals surface area contributed by atoms with Gasteiger partial charge in [0.2, 0.25) is 53.2 Å². The SMILES string of the molecule is CC[C@H](C)[C@H](NC(=O)[C@H](CCCCN)NC(=O)[C@@H](NC(=O)CNC(=O)[C@@H]1CCCN1C(=O)[C@@H](N)C(C)C)[C@@H](C)O)C(=O)N[C@@H](C)C(=O)NCC(=O)N[C@@H](CCSC)C(=O)N[C@@H](CC(C)C)C(=O)O. The number of aliphatic carboxylic acids is 1. The van der Waals surface area contributed by atoms with E-state index in [9.17, 15) is 58.2 Å². The number of nitrogens with one attached hydrogen (secondary N) is 8. The molecule has 68 heavy (non-hydrogen) atoms. The van der Waals surface area contributed by atoms with Crippen molar-refractivity contribution in [3.05, 3.63) is 0 Å². The van der Waals surface area contributed by atoms with Crippen LogP contribution in [0.15, 0.2) is 0 Å². The summed E-state index contributed by atoms with van der Waals surface area (Å²) in [6.07, 6.45) is 2.92. The number of hydrogen-bond donors (Lipinski definition) is 12. The molecule has 1 saturated heterocycles. The van der Waals surface area contributed by atoms with Crippen molar-refractivity contribution in [2.24, 2.45) is 29.2 Å². The summed E-state index contributed by atoms with van der Waals surface area (Å²) in [6, 6.07) is -9.17. The van der Waals surface area contributed by atoms with Gasteiger partial charge in [0, 0.05) is 6.54 Å². The number of carboxylic acids is 1. The number of hydrogen-bond acceptors (Lipinski definition) is 14. The highest BCUT2D eigenvalue weighted by molar-refractivity contribution is 7.98. The van der Waals surface area contributed by atoms with Gasteiger partial charge in [-0.1, -0.05) is 48.0 Å². The normalized spacial score (nSPS) is 17.5. The Morgan fingerprint density at radius 2 is 1.28 bits per heavy atom. The molecule has 1 aliphatic rings. The summed E-state index contributed by atoms with van der Waals surface area (Å²) in [5.74, 6) is -7.88.